The van der Waals surface area contributed by atoms with Gasteiger partial charge in [-0.1, -0.05) is 29.8 Å². The van der Waals surface area contributed by atoms with Crippen molar-refractivity contribution < 1.29 is 17.9 Å². The van der Waals surface area contributed by atoms with E-state index in [9.17, 15) is 13.2 Å². The molecule has 4 rings (SSSR count). The van der Waals surface area contributed by atoms with Gasteiger partial charge in [0, 0.05) is 50.2 Å². The number of hydrogen-bond donors (Lipinski definition) is 0. The second-order valence-corrected chi connectivity index (χ2v) is 10.6. The molecule has 0 aromatic heterocycles. The van der Waals surface area contributed by atoms with Gasteiger partial charge < -0.3 is 9.64 Å². The van der Waals surface area contributed by atoms with Gasteiger partial charge in [0.2, 0.25) is 5.91 Å². The van der Waals surface area contributed by atoms with E-state index in [1.807, 2.05) is 38.1 Å². The van der Waals surface area contributed by atoms with Gasteiger partial charge in [0.25, 0.3) is 10.2 Å². The number of morpholine rings is 1. The van der Waals surface area contributed by atoms with Crippen molar-refractivity contribution in [2.24, 2.45) is 5.92 Å². The highest BCUT2D eigenvalue weighted by Gasteiger charge is 2.47. The Hall–Kier alpha value is -1.19. The summed E-state index contributed by atoms with van der Waals surface area (Å²) in [6.45, 7) is 6.04. The lowest BCUT2D eigenvalue weighted by Gasteiger charge is -2.40. The summed E-state index contributed by atoms with van der Waals surface area (Å²) in [4.78, 5) is 14.7. The molecule has 0 spiro atoms. The Morgan fingerprint density at radius 3 is 2.28 bits per heavy atom. The molecule has 7 nitrogen and oxygen atoms in total. The fourth-order valence-electron chi connectivity index (χ4n) is 4.44. The number of amides is 1. The zero-order valence-corrected chi connectivity index (χ0v) is 18.4. The topological polar surface area (TPSA) is 70.2 Å². The first kappa shape index (κ1) is 21.1. The van der Waals surface area contributed by atoms with Gasteiger partial charge in [-0.2, -0.15) is 17.0 Å². The van der Waals surface area contributed by atoms with E-state index in [4.69, 9.17) is 16.3 Å². The molecule has 0 N–H and O–H groups in total. The van der Waals surface area contributed by atoms with Gasteiger partial charge in [-0.25, -0.2) is 0 Å². The van der Waals surface area contributed by atoms with E-state index in [2.05, 4.69) is 0 Å². The Morgan fingerprint density at radius 1 is 1.03 bits per heavy atom. The molecule has 0 radical (unpaired) electrons. The Bertz CT molecular complexity index is 862. The summed E-state index contributed by atoms with van der Waals surface area (Å²) in [5, 5.41) is 0.706. The van der Waals surface area contributed by atoms with Crippen LogP contribution in [-0.4, -0.2) is 79.3 Å². The Morgan fingerprint density at radius 2 is 1.66 bits per heavy atom. The number of benzene rings is 1. The third kappa shape index (κ3) is 4.32. The molecule has 2 aliphatic heterocycles. The van der Waals surface area contributed by atoms with Crippen LogP contribution in [0, 0.1) is 5.92 Å². The van der Waals surface area contributed by atoms with Crippen molar-refractivity contribution in [2.45, 2.75) is 38.4 Å². The number of halogens is 1. The summed E-state index contributed by atoms with van der Waals surface area (Å²) in [6.07, 6.45) is 0.575. The van der Waals surface area contributed by atoms with Gasteiger partial charge in [0.15, 0.2) is 0 Å². The third-order valence-corrected chi connectivity index (χ3v) is 8.31. The van der Waals surface area contributed by atoms with E-state index in [1.165, 1.54) is 8.61 Å². The van der Waals surface area contributed by atoms with Gasteiger partial charge in [-0.05, 0) is 37.8 Å². The minimum atomic E-state index is -3.53. The first-order valence-corrected chi connectivity index (χ1v) is 12.0. The van der Waals surface area contributed by atoms with E-state index in [-0.39, 0.29) is 30.0 Å². The average molecular weight is 442 g/mol. The molecule has 9 heteroatoms. The molecule has 1 amide bonds. The monoisotopic (exact) mass is 441 g/mol. The molecule has 2 saturated heterocycles. The predicted molar refractivity (Wildman–Crippen MR) is 111 cm³/mol. The lowest BCUT2D eigenvalue weighted by Crippen LogP contribution is -2.57. The zero-order chi connectivity index (χ0) is 20.8. The molecule has 4 unspecified atom stereocenters. The molecule has 160 valence electrons. The Labute approximate surface area is 177 Å². The van der Waals surface area contributed by atoms with Gasteiger partial charge in [-0.3, -0.25) is 4.79 Å². The van der Waals surface area contributed by atoms with Crippen LogP contribution in [0.15, 0.2) is 24.3 Å². The summed E-state index contributed by atoms with van der Waals surface area (Å²) >= 11 is 6.27. The fraction of sp³-hybridized carbons (Fsp3) is 0.650. The Balaban J connectivity index is 1.34. The van der Waals surface area contributed by atoms with Gasteiger partial charge >= 0.3 is 0 Å². The molecular formula is C20H28ClN3O4S. The van der Waals surface area contributed by atoms with E-state index in [0.29, 0.717) is 44.3 Å². The molecular weight excluding hydrogens is 414 g/mol. The quantitative estimate of drug-likeness (QED) is 0.716. The number of carbonyl (C=O) groups excluding carboxylic acids is 1. The number of carbonyl (C=O) groups is 1. The van der Waals surface area contributed by atoms with Gasteiger partial charge in [0.1, 0.15) is 0 Å². The highest BCUT2D eigenvalue weighted by Crippen LogP contribution is 2.50. The first-order chi connectivity index (χ1) is 13.8. The fourth-order valence-corrected chi connectivity index (χ4v) is 6.47. The van der Waals surface area contributed by atoms with Crippen LogP contribution in [-0.2, 0) is 19.7 Å². The predicted octanol–water partition coefficient (Wildman–Crippen LogP) is 1.94. The van der Waals surface area contributed by atoms with Crippen LogP contribution in [0.3, 0.4) is 0 Å². The molecule has 2 heterocycles. The summed E-state index contributed by atoms with van der Waals surface area (Å²) in [5.41, 5.74) is 1.03. The normalized spacial score (nSPS) is 31.6. The van der Waals surface area contributed by atoms with E-state index in [1.54, 1.807) is 4.90 Å². The maximum atomic E-state index is 13.0. The molecule has 0 bridgehead atoms. The molecule has 3 fully saturated rings. The number of nitrogens with zero attached hydrogens (tertiary/aromatic N) is 3. The highest BCUT2D eigenvalue weighted by molar-refractivity contribution is 7.86. The van der Waals surface area contributed by atoms with Crippen LogP contribution in [0.5, 0.6) is 0 Å². The molecule has 4 atom stereocenters. The zero-order valence-electron chi connectivity index (χ0n) is 16.8. The number of ether oxygens (including phenoxy) is 1. The SMILES string of the molecule is CC1CN(S(=O)(=O)N2CCN(C(=O)C3CC3c3ccccc3Cl)CC2)CC(C)O1. The molecule has 1 aliphatic carbocycles. The third-order valence-electron chi connectivity index (χ3n) is 6.00. The largest absolute Gasteiger partial charge is 0.373 e. The van der Waals surface area contributed by atoms with Crippen molar-refractivity contribution in [3.8, 4) is 0 Å². The summed E-state index contributed by atoms with van der Waals surface area (Å²) in [6, 6.07) is 7.67. The summed E-state index contributed by atoms with van der Waals surface area (Å²) in [7, 11) is -3.53. The van der Waals surface area contributed by atoms with Crippen LogP contribution in [0.2, 0.25) is 5.02 Å². The van der Waals surface area contributed by atoms with Crippen molar-refractivity contribution in [1.29, 1.82) is 0 Å². The lowest BCUT2D eigenvalue weighted by atomic mass is 10.1. The van der Waals surface area contributed by atoms with Crippen LogP contribution in [0.4, 0.5) is 0 Å². The van der Waals surface area contributed by atoms with Crippen LogP contribution < -0.4 is 0 Å². The van der Waals surface area contributed by atoms with E-state index in [0.717, 1.165) is 12.0 Å². The standard InChI is InChI=1S/C20H28ClN3O4S/c1-14-12-24(13-15(2)28-14)29(26,27)23-9-7-22(8-10-23)20(25)18-11-17(18)16-5-3-4-6-19(16)21/h3-6,14-15,17-18H,7-13H2,1-2H3. The number of rotatable bonds is 4. The molecule has 1 aromatic carbocycles. The second-order valence-electron chi connectivity index (χ2n) is 8.28. The second kappa shape index (κ2) is 8.15. The molecule has 1 saturated carbocycles. The van der Waals surface area contributed by atoms with Crippen molar-refractivity contribution in [3.05, 3.63) is 34.9 Å². The molecule has 3 aliphatic rings. The van der Waals surface area contributed by atoms with Crippen molar-refractivity contribution in [1.82, 2.24) is 13.5 Å². The van der Waals surface area contributed by atoms with Crippen molar-refractivity contribution in [3.63, 3.8) is 0 Å². The lowest BCUT2D eigenvalue weighted by molar-refractivity contribution is -0.133. The molecule has 1 aromatic rings. The summed E-state index contributed by atoms with van der Waals surface area (Å²) in [5.74, 6) is 0.244. The average Bonchev–Trinajstić information content (AvgIpc) is 3.48. The number of hydrogen-bond acceptors (Lipinski definition) is 4. The molecule has 29 heavy (non-hydrogen) atoms. The van der Waals surface area contributed by atoms with Crippen molar-refractivity contribution >= 4 is 27.7 Å². The highest BCUT2D eigenvalue weighted by atomic mass is 35.5. The summed E-state index contributed by atoms with van der Waals surface area (Å²) < 4.78 is 34.7. The minimum absolute atomic E-state index is 0.0426. The van der Waals surface area contributed by atoms with Gasteiger partial charge in [0.05, 0.1) is 12.2 Å². The van der Waals surface area contributed by atoms with E-state index >= 15 is 0 Å². The maximum Gasteiger partial charge on any atom is 0.282 e. The Kier molecular flexibility index (Phi) is 5.92. The van der Waals surface area contributed by atoms with Crippen LogP contribution in [0.1, 0.15) is 31.7 Å². The van der Waals surface area contributed by atoms with Crippen LogP contribution in [0.25, 0.3) is 0 Å². The van der Waals surface area contributed by atoms with Crippen molar-refractivity contribution in [2.75, 3.05) is 39.3 Å². The van der Waals surface area contributed by atoms with Crippen LogP contribution >= 0.6 is 11.6 Å². The van der Waals surface area contributed by atoms with E-state index < -0.39 is 10.2 Å². The first-order valence-electron chi connectivity index (χ1n) is 10.2. The maximum absolute atomic E-state index is 13.0. The smallest absolute Gasteiger partial charge is 0.282 e. The van der Waals surface area contributed by atoms with Gasteiger partial charge in [-0.15, -0.1) is 0 Å². The number of piperazine rings is 1. The minimum Gasteiger partial charge on any atom is -0.373 e.